The lowest BCUT2D eigenvalue weighted by Crippen LogP contribution is -2.55. The summed E-state index contributed by atoms with van der Waals surface area (Å²) in [6.45, 7) is 5.56. The van der Waals surface area contributed by atoms with Crippen LogP contribution in [0.4, 0.5) is 4.39 Å². The minimum atomic E-state index is -0.997. The maximum Gasteiger partial charge on any atom is 0.245 e. The minimum absolute atomic E-state index is 0.121. The zero-order valence-corrected chi connectivity index (χ0v) is 15.5. The molecule has 0 saturated carbocycles. The number of halogens is 2. The molecular formula is C17H20ClFN6O. The van der Waals surface area contributed by atoms with Crippen LogP contribution in [0.3, 0.4) is 0 Å². The quantitative estimate of drug-likeness (QED) is 0.641. The third kappa shape index (κ3) is 3.50. The van der Waals surface area contributed by atoms with Gasteiger partial charge < -0.3 is 20.9 Å². The number of likely N-dealkylation sites (N-methyl/N-ethyl adjacent to an activating group) is 1. The number of pyridine rings is 1. The van der Waals surface area contributed by atoms with Gasteiger partial charge in [0, 0.05) is 29.9 Å². The highest BCUT2D eigenvalue weighted by molar-refractivity contribution is 6.31. The van der Waals surface area contributed by atoms with Gasteiger partial charge in [0.15, 0.2) is 5.83 Å². The second kappa shape index (κ2) is 6.95. The Balaban J connectivity index is 1.85. The van der Waals surface area contributed by atoms with Crippen LogP contribution in [0.15, 0.2) is 35.1 Å². The Morgan fingerprint density at radius 1 is 1.46 bits per heavy atom. The van der Waals surface area contributed by atoms with Crippen LogP contribution >= 0.6 is 11.6 Å². The molecule has 1 amide bonds. The second-order valence-electron chi connectivity index (χ2n) is 6.43. The molecule has 2 aromatic heterocycles. The Labute approximate surface area is 155 Å². The molecule has 0 fully saturated rings. The van der Waals surface area contributed by atoms with E-state index in [0.29, 0.717) is 23.1 Å². The van der Waals surface area contributed by atoms with Crippen molar-refractivity contribution in [3.63, 3.8) is 0 Å². The lowest BCUT2D eigenvalue weighted by molar-refractivity contribution is -0.126. The minimum Gasteiger partial charge on any atom is -0.356 e. The van der Waals surface area contributed by atoms with Gasteiger partial charge in [-0.1, -0.05) is 11.6 Å². The van der Waals surface area contributed by atoms with Crippen LogP contribution in [0.5, 0.6) is 0 Å². The number of aromatic amines is 1. The first kappa shape index (κ1) is 18.2. The molecule has 0 saturated heterocycles. The summed E-state index contributed by atoms with van der Waals surface area (Å²) < 4.78 is 14.3. The van der Waals surface area contributed by atoms with Crippen LogP contribution in [0.2, 0.25) is 5.02 Å². The first-order chi connectivity index (χ1) is 12.3. The molecule has 0 spiro atoms. The Morgan fingerprint density at radius 3 is 2.96 bits per heavy atom. The van der Waals surface area contributed by atoms with Crippen molar-refractivity contribution in [2.75, 3.05) is 13.1 Å². The van der Waals surface area contributed by atoms with Crippen LogP contribution in [-0.2, 0) is 4.79 Å². The SMILES string of the molecule is CCNC(=O)C(C)(C)NC1=C(F)CN=C(c2c[nH]c3ncc(Cl)cc23)N1. The van der Waals surface area contributed by atoms with Gasteiger partial charge in [0.1, 0.15) is 22.8 Å². The average Bonchev–Trinajstić information content (AvgIpc) is 3.00. The summed E-state index contributed by atoms with van der Waals surface area (Å²) >= 11 is 6.03. The van der Waals surface area contributed by atoms with Crippen LogP contribution < -0.4 is 16.0 Å². The monoisotopic (exact) mass is 378 g/mol. The van der Waals surface area contributed by atoms with Crippen molar-refractivity contribution in [2.45, 2.75) is 26.3 Å². The predicted molar refractivity (Wildman–Crippen MR) is 99.7 cm³/mol. The highest BCUT2D eigenvalue weighted by Crippen LogP contribution is 2.22. The van der Waals surface area contributed by atoms with Crippen molar-refractivity contribution in [3.05, 3.63) is 40.7 Å². The molecule has 0 radical (unpaired) electrons. The second-order valence-corrected chi connectivity index (χ2v) is 6.87. The average molecular weight is 379 g/mol. The fraction of sp³-hybridized carbons (Fsp3) is 0.353. The Morgan fingerprint density at radius 2 is 2.23 bits per heavy atom. The third-order valence-corrected chi connectivity index (χ3v) is 4.19. The molecule has 0 unspecified atom stereocenters. The van der Waals surface area contributed by atoms with Crippen molar-refractivity contribution >= 4 is 34.4 Å². The number of rotatable bonds is 5. The van der Waals surface area contributed by atoms with Crippen LogP contribution in [0.25, 0.3) is 11.0 Å². The molecule has 0 atom stereocenters. The number of amidine groups is 1. The van der Waals surface area contributed by atoms with Gasteiger partial charge in [0.05, 0.1) is 11.6 Å². The van der Waals surface area contributed by atoms with Gasteiger partial charge in [-0.25, -0.2) is 9.37 Å². The van der Waals surface area contributed by atoms with E-state index >= 15 is 0 Å². The van der Waals surface area contributed by atoms with E-state index in [1.807, 2.05) is 6.92 Å². The van der Waals surface area contributed by atoms with E-state index in [1.54, 1.807) is 32.3 Å². The lowest BCUT2D eigenvalue weighted by atomic mass is 10.0. The Bertz CT molecular complexity index is 917. The number of fused-ring (bicyclic) bond motifs is 1. The van der Waals surface area contributed by atoms with Gasteiger partial charge >= 0.3 is 0 Å². The van der Waals surface area contributed by atoms with E-state index < -0.39 is 11.4 Å². The summed E-state index contributed by atoms with van der Waals surface area (Å²) in [7, 11) is 0. The van der Waals surface area contributed by atoms with Crippen molar-refractivity contribution in [1.29, 1.82) is 0 Å². The van der Waals surface area contributed by atoms with Crippen molar-refractivity contribution < 1.29 is 9.18 Å². The van der Waals surface area contributed by atoms with E-state index in [2.05, 4.69) is 30.9 Å². The Hall–Kier alpha value is -2.61. The molecule has 0 aromatic carbocycles. The molecule has 26 heavy (non-hydrogen) atoms. The number of nitrogens with one attached hydrogen (secondary N) is 4. The number of hydrogen-bond acceptors (Lipinski definition) is 5. The largest absolute Gasteiger partial charge is 0.356 e. The molecule has 2 aromatic rings. The number of amides is 1. The lowest BCUT2D eigenvalue weighted by Gasteiger charge is -2.29. The smallest absolute Gasteiger partial charge is 0.245 e. The van der Waals surface area contributed by atoms with Crippen molar-refractivity contribution in [1.82, 2.24) is 25.9 Å². The molecule has 9 heteroatoms. The van der Waals surface area contributed by atoms with Crippen LogP contribution in [0, 0.1) is 0 Å². The van der Waals surface area contributed by atoms with E-state index in [-0.39, 0.29) is 18.3 Å². The summed E-state index contributed by atoms with van der Waals surface area (Å²) in [6, 6.07) is 1.76. The maximum absolute atomic E-state index is 14.3. The van der Waals surface area contributed by atoms with Gasteiger partial charge in [-0.05, 0) is 26.8 Å². The molecule has 4 N–H and O–H groups in total. The van der Waals surface area contributed by atoms with E-state index in [9.17, 15) is 9.18 Å². The summed E-state index contributed by atoms with van der Waals surface area (Å²) in [5.41, 5.74) is 0.377. The normalized spacial score (nSPS) is 14.9. The fourth-order valence-electron chi connectivity index (χ4n) is 2.63. The summed E-state index contributed by atoms with van der Waals surface area (Å²) in [6.07, 6.45) is 3.28. The molecule has 138 valence electrons. The van der Waals surface area contributed by atoms with Gasteiger partial charge in [0.2, 0.25) is 5.91 Å². The maximum atomic E-state index is 14.3. The van der Waals surface area contributed by atoms with Crippen LogP contribution in [0.1, 0.15) is 26.3 Å². The number of H-pyrrole nitrogens is 1. The first-order valence-electron chi connectivity index (χ1n) is 8.21. The molecule has 0 aliphatic carbocycles. The zero-order chi connectivity index (χ0) is 18.9. The van der Waals surface area contributed by atoms with Crippen molar-refractivity contribution in [3.8, 4) is 0 Å². The summed E-state index contributed by atoms with van der Waals surface area (Å²) in [5.74, 6) is -0.108. The summed E-state index contributed by atoms with van der Waals surface area (Å²) in [5, 5.41) is 9.86. The number of nitrogens with zero attached hydrogens (tertiary/aromatic N) is 2. The molecular weight excluding hydrogens is 359 g/mol. The molecule has 3 rings (SSSR count). The van der Waals surface area contributed by atoms with Crippen LogP contribution in [-0.4, -0.2) is 40.3 Å². The highest BCUT2D eigenvalue weighted by atomic mass is 35.5. The number of carbonyl (C=O) groups excluding carboxylic acids is 1. The van der Waals surface area contributed by atoms with Crippen molar-refractivity contribution in [2.24, 2.45) is 4.99 Å². The van der Waals surface area contributed by atoms with Gasteiger partial charge in [-0.3, -0.25) is 9.79 Å². The number of hydrogen-bond donors (Lipinski definition) is 4. The fourth-order valence-corrected chi connectivity index (χ4v) is 2.79. The van der Waals surface area contributed by atoms with Gasteiger partial charge in [0.25, 0.3) is 0 Å². The number of carbonyl (C=O) groups is 1. The topological polar surface area (TPSA) is 94.2 Å². The zero-order valence-electron chi connectivity index (χ0n) is 14.7. The summed E-state index contributed by atoms with van der Waals surface area (Å²) in [4.78, 5) is 23.6. The highest BCUT2D eigenvalue weighted by Gasteiger charge is 2.30. The van der Waals surface area contributed by atoms with Gasteiger partial charge in [-0.15, -0.1) is 0 Å². The Kier molecular flexibility index (Phi) is 4.86. The molecule has 0 bridgehead atoms. The predicted octanol–water partition coefficient (Wildman–Crippen LogP) is 2.21. The molecule has 7 nitrogen and oxygen atoms in total. The van der Waals surface area contributed by atoms with E-state index in [0.717, 1.165) is 10.9 Å². The van der Waals surface area contributed by atoms with E-state index in [4.69, 9.17) is 11.6 Å². The molecule has 1 aliphatic rings. The van der Waals surface area contributed by atoms with E-state index in [1.165, 1.54) is 0 Å². The van der Waals surface area contributed by atoms with Gasteiger partial charge in [-0.2, -0.15) is 0 Å². The molecule has 1 aliphatic heterocycles. The molecule has 3 heterocycles. The number of aromatic nitrogens is 2. The first-order valence-corrected chi connectivity index (χ1v) is 8.59. The standard InChI is InChI=1S/C17H20ClFN6O/c1-4-20-16(26)17(2,3)25-15-12(19)8-23-14(24-15)11-7-22-13-10(11)5-9(18)6-21-13/h5-7,25H,4,8H2,1-3H3,(H,20,26)(H,21,22)(H,23,24). The third-order valence-electron chi connectivity index (χ3n) is 3.99. The number of aliphatic imine (C=N–C) groups is 1.